The summed E-state index contributed by atoms with van der Waals surface area (Å²) in [5, 5.41) is 12.0. The molecule has 0 spiro atoms. The third-order valence-corrected chi connectivity index (χ3v) is 5.03. The van der Waals surface area contributed by atoms with Crippen molar-refractivity contribution in [2.75, 3.05) is 44.8 Å². The molecule has 0 radical (unpaired) electrons. The van der Waals surface area contributed by atoms with E-state index in [9.17, 15) is 4.79 Å². The molecule has 4 rings (SSSR count). The Labute approximate surface area is 164 Å². The van der Waals surface area contributed by atoms with Gasteiger partial charge in [0.15, 0.2) is 11.5 Å². The Balaban J connectivity index is 1.23. The summed E-state index contributed by atoms with van der Waals surface area (Å²) in [5.41, 5.74) is 2.63. The van der Waals surface area contributed by atoms with Crippen molar-refractivity contribution in [3.8, 4) is 17.6 Å². The van der Waals surface area contributed by atoms with Gasteiger partial charge in [-0.2, -0.15) is 5.26 Å². The van der Waals surface area contributed by atoms with Gasteiger partial charge in [-0.15, -0.1) is 0 Å². The van der Waals surface area contributed by atoms with Crippen LogP contribution < -0.4 is 14.8 Å². The molecule has 0 aliphatic carbocycles. The van der Waals surface area contributed by atoms with Gasteiger partial charge in [0.2, 0.25) is 12.7 Å². The van der Waals surface area contributed by atoms with Crippen molar-refractivity contribution in [1.29, 1.82) is 5.26 Å². The number of hydrogen-bond donors (Lipinski definition) is 1. The Morgan fingerprint density at radius 2 is 1.79 bits per heavy atom. The number of rotatable bonds is 5. The molecule has 2 aliphatic heterocycles. The lowest BCUT2D eigenvalue weighted by molar-refractivity contribution is -0.131. The van der Waals surface area contributed by atoms with Crippen LogP contribution in [0.4, 0.5) is 5.69 Å². The van der Waals surface area contributed by atoms with Crippen LogP contribution in [0, 0.1) is 11.3 Å². The summed E-state index contributed by atoms with van der Waals surface area (Å²) in [6.07, 6.45) is 0. The van der Waals surface area contributed by atoms with Gasteiger partial charge < -0.3 is 19.7 Å². The second-order valence-electron chi connectivity index (χ2n) is 6.89. The lowest BCUT2D eigenvalue weighted by Gasteiger charge is -2.35. The zero-order valence-corrected chi connectivity index (χ0v) is 15.6. The fraction of sp³-hybridized carbons (Fsp3) is 0.333. The van der Waals surface area contributed by atoms with Crippen molar-refractivity contribution in [2.45, 2.75) is 6.54 Å². The van der Waals surface area contributed by atoms with Crippen LogP contribution in [0.25, 0.3) is 0 Å². The largest absolute Gasteiger partial charge is 0.454 e. The van der Waals surface area contributed by atoms with Gasteiger partial charge in [-0.3, -0.25) is 9.69 Å². The molecule has 2 aliphatic rings. The van der Waals surface area contributed by atoms with Gasteiger partial charge >= 0.3 is 0 Å². The third-order valence-electron chi connectivity index (χ3n) is 5.03. The highest BCUT2D eigenvalue weighted by Gasteiger charge is 2.21. The van der Waals surface area contributed by atoms with E-state index < -0.39 is 0 Å². The number of nitrogens with one attached hydrogen (secondary N) is 1. The number of ether oxygens (including phenoxy) is 2. The van der Waals surface area contributed by atoms with E-state index in [2.05, 4.69) is 22.4 Å². The van der Waals surface area contributed by atoms with Crippen LogP contribution in [0.5, 0.6) is 11.5 Å². The SMILES string of the molecule is N#Cc1ccc(NCC(=O)N2CCN(Cc3ccc4c(c3)OCO4)CC2)cc1. The van der Waals surface area contributed by atoms with E-state index >= 15 is 0 Å². The van der Waals surface area contributed by atoms with Crippen molar-refractivity contribution in [3.63, 3.8) is 0 Å². The highest BCUT2D eigenvalue weighted by atomic mass is 16.7. The molecular weight excluding hydrogens is 356 g/mol. The number of anilines is 1. The Hall–Kier alpha value is -3.24. The van der Waals surface area contributed by atoms with Gasteiger partial charge in [0.1, 0.15) is 0 Å². The first kappa shape index (κ1) is 18.1. The fourth-order valence-corrected chi connectivity index (χ4v) is 3.40. The Morgan fingerprint density at radius 3 is 2.54 bits per heavy atom. The third kappa shape index (κ3) is 4.18. The number of hydrogen-bond acceptors (Lipinski definition) is 6. The first-order valence-corrected chi connectivity index (χ1v) is 9.34. The highest BCUT2D eigenvalue weighted by Crippen LogP contribution is 2.32. The second-order valence-corrected chi connectivity index (χ2v) is 6.89. The predicted molar refractivity (Wildman–Crippen MR) is 104 cm³/mol. The molecule has 0 aromatic heterocycles. The minimum Gasteiger partial charge on any atom is -0.454 e. The summed E-state index contributed by atoms with van der Waals surface area (Å²) < 4.78 is 10.8. The molecule has 7 nitrogen and oxygen atoms in total. The van der Waals surface area contributed by atoms with E-state index in [4.69, 9.17) is 14.7 Å². The van der Waals surface area contributed by atoms with Gasteiger partial charge in [-0.25, -0.2) is 0 Å². The molecule has 2 aromatic rings. The van der Waals surface area contributed by atoms with Crippen molar-refractivity contribution < 1.29 is 14.3 Å². The topological polar surface area (TPSA) is 77.8 Å². The van der Waals surface area contributed by atoms with Crippen molar-refractivity contribution >= 4 is 11.6 Å². The number of benzene rings is 2. The van der Waals surface area contributed by atoms with Crippen LogP contribution in [-0.2, 0) is 11.3 Å². The normalized spacial score (nSPS) is 15.9. The predicted octanol–water partition coefficient (Wildman–Crippen LogP) is 2.04. The maximum absolute atomic E-state index is 12.4. The summed E-state index contributed by atoms with van der Waals surface area (Å²) in [7, 11) is 0. The first-order valence-electron chi connectivity index (χ1n) is 9.34. The Kier molecular flexibility index (Phi) is 5.31. The molecule has 7 heteroatoms. The van der Waals surface area contributed by atoms with E-state index in [0.717, 1.165) is 49.9 Å². The second kappa shape index (κ2) is 8.19. The van der Waals surface area contributed by atoms with E-state index in [0.29, 0.717) is 5.56 Å². The van der Waals surface area contributed by atoms with E-state index in [1.165, 1.54) is 5.56 Å². The number of piperazine rings is 1. The van der Waals surface area contributed by atoms with Crippen LogP contribution in [-0.4, -0.2) is 55.2 Å². The van der Waals surface area contributed by atoms with Crippen molar-refractivity contribution in [2.24, 2.45) is 0 Å². The van der Waals surface area contributed by atoms with E-state index in [-0.39, 0.29) is 19.2 Å². The number of nitrogens with zero attached hydrogens (tertiary/aromatic N) is 3. The molecule has 0 unspecified atom stereocenters. The number of amides is 1. The van der Waals surface area contributed by atoms with Gasteiger partial charge in [0.25, 0.3) is 0 Å². The monoisotopic (exact) mass is 378 g/mol. The van der Waals surface area contributed by atoms with Gasteiger partial charge in [-0.1, -0.05) is 6.07 Å². The highest BCUT2D eigenvalue weighted by molar-refractivity contribution is 5.81. The maximum Gasteiger partial charge on any atom is 0.241 e. The summed E-state index contributed by atoms with van der Waals surface area (Å²) in [4.78, 5) is 16.7. The molecule has 2 aromatic carbocycles. The molecule has 28 heavy (non-hydrogen) atoms. The smallest absolute Gasteiger partial charge is 0.241 e. The lowest BCUT2D eigenvalue weighted by Crippen LogP contribution is -2.49. The van der Waals surface area contributed by atoms with Crippen LogP contribution in [0.2, 0.25) is 0 Å². The summed E-state index contributed by atoms with van der Waals surface area (Å²) in [6.45, 7) is 4.51. The summed E-state index contributed by atoms with van der Waals surface area (Å²) >= 11 is 0. The molecule has 1 N–H and O–H groups in total. The zero-order valence-electron chi connectivity index (χ0n) is 15.6. The Bertz CT molecular complexity index is 884. The van der Waals surface area contributed by atoms with Crippen LogP contribution in [0.15, 0.2) is 42.5 Å². The summed E-state index contributed by atoms with van der Waals surface area (Å²) in [5.74, 6) is 1.70. The molecule has 1 amide bonds. The van der Waals surface area contributed by atoms with Crippen LogP contribution in [0.3, 0.4) is 0 Å². The minimum absolute atomic E-state index is 0.0899. The summed E-state index contributed by atoms with van der Waals surface area (Å²) in [6, 6.07) is 15.2. The first-order chi connectivity index (χ1) is 13.7. The van der Waals surface area contributed by atoms with E-state index in [1.807, 2.05) is 29.2 Å². The number of nitriles is 1. The average Bonchev–Trinajstić information content (AvgIpc) is 3.21. The number of carbonyl (C=O) groups is 1. The van der Waals surface area contributed by atoms with E-state index in [1.54, 1.807) is 12.1 Å². The molecule has 0 saturated carbocycles. The standard InChI is InChI=1S/C21H22N4O3/c22-12-16-1-4-18(5-2-16)23-13-21(26)25-9-7-24(8-10-25)14-17-3-6-19-20(11-17)28-15-27-19/h1-6,11,23H,7-10,13-15H2. The van der Waals surface area contributed by atoms with Crippen molar-refractivity contribution in [3.05, 3.63) is 53.6 Å². The number of carbonyl (C=O) groups excluding carboxylic acids is 1. The van der Waals surface area contributed by atoms with Crippen molar-refractivity contribution in [1.82, 2.24) is 9.80 Å². The van der Waals surface area contributed by atoms with Gasteiger partial charge in [0.05, 0.1) is 18.2 Å². The Morgan fingerprint density at radius 1 is 1.04 bits per heavy atom. The average molecular weight is 378 g/mol. The van der Waals surface area contributed by atoms with Gasteiger partial charge in [-0.05, 0) is 42.0 Å². The van der Waals surface area contributed by atoms with Crippen LogP contribution in [0.1, 0.15) is 11.1 Å². The molecule has 1 saturated heterocycles. The quantitative estimate of drug-likeness (QED) is 0.858. The fourth-order valence-electron chi connectivity index (χ4n) is 3.40. The molecular formula is C21H22N4O3. The molecule has 0 bridgehead atoms. The maximum atomic E-state index is 12.4. The number of fused-ring (bicyclic) bond motifs is 1. The molecule has 1 fully saturated rings. The zero-order chi connectivity index (χ0) is 19.3. The lowest BCUT2D eigenvalue weighted by atomic mass is 10.1. The molecule has 2 heterocycles. The minimum atomic E-state index is 0.0899. The molecule has 144 valence electrons. The van der Waals surface area contributed by atoms with Gasteiger partial charge in [0, 0.05) is 38.4 Å². The molecule has 0 atom stereocenters. The van der Waals surface area contributed by atoms with Crippen LogP contribution >= 0.6 is 0 Å².